The molecule has 0 unspecified atom stereocenters. The lowest BCUT2D eigenvalue weighted by atomic mass is 10.0. The maximum Gasteiger partial charge on any atom is 0.171 e. The molecule has 0 bridgehead atoms. The molecule has 104 valence electrons. The minimum absolute atomic E-state index is 0.0403. The highest BCUT2D eigenvalue weighted by molar-refractivity contribution is 7.64. The maximum absolute atomic E-state index is 13.9. The molecule has 6 heteroatoms. The van der Waals surface area contributed by atoms with E-state index in [1.54, 1.807) is 6.92 Å². The topological polar surface area (TPSA) is 55.2 Å². The van der Waals surface area contributed by atoms with Gasteiger partial charge in [-0.05, 0) is 31.9 Å². The molecule has 0 fully saturated rings. The first-order valence-corrected chi connectivity index (χ1v) is 6.77. The van der Waals surface area contributed by atoms with Crippen LogP contribution in [0.25, 0.3) is 11.4 Å². The average molecular weight is 291 g/mol. The number of halogens is 1. The predicted molar refractivity (Wildman–Crippen MR) is 78.8 cm³/mol. The minimum Gasteiger partial charge on any atom is -0.238 e. The maximum atomic E-state index is 13.9. The van der Waals surface area contributed by atoms with Crippen LogP contribution in [0, 0.1) is 26.6 Å². The summed E-state index contributed by atoms with van der Waals surface area (Å²) < 4.78 is 27.8. The lowest BCUT2D eigenvalue weighted by Gasteiger charge is -2.10. The lowest BCUT2D eigenvalue weighted by molar-refractivity contribution is 0.600. The van der Waals surface area contributed by atoms with Crippen LogP contribution in [0.15, 0.2) is 22.6 Å². The highest BCUT2D eigenvalue weighted by Gasteiger charge is 2.14. The van der Waals surface area contributed by atoms with Crippen molar-refractivity contribution in [3.8, 4) is 11.4 Å². The molecule has 0 aliphatic carbocycles. The molecule has 0 saturated heterocycles. The smallest absolute Gasteiger partial charge is 0.171 e. The molecule has 2 rings (SSSR count). The van der Waals surface area contributed by atoms with Crippen molar-refractivity contribution >= 4 is 18.1 Å². The second kappa shape index (κ2) is 6.00. The molecule has 0 aliphatic heterocycles. The molecule has 20 heavy (non-hydrogen) atoms. The number of thiol groups is 1. The van der Waals surface area contributed by atoms with E-state index in [0.29, 0.717) is 5.82 Å². The Labute approximate surface area is 120 Å². The first-order chi connectivity index (χ1) is 9.54. The van der Waals surface area contributed by atoms with Crippen molar-refractivity contribution < 1.29 is 8.60 Å². The quantitative estimate of drug-likeness (QED) is 0.698. The highest BCUT2D eigenvalue weighted by Crippen LogP contribution is 2.25. The average Bonchev–Trinajstić information content (AvgIpc) is 2.40. The Bertz CT molecular complexity index is 681. The van der Waals surface area contributed by atoms with E-state index in [1.807, 2.05) is 32.0 Å². The van der Waals surface area contributed by atoms with Gasteiger partial charge in [0.25, 0.3) is 0 Å². The second-order valence-corrected chi connectivity index (χ2v) is 4.82. The lowest BCUT2D eigenvalue weighted by Crippen LogP contribution is -2.04. The third-order valence-electron chi connectivity index (χ3n) is 2.97. The number of nitrogens with zero attached hydrogens (tertiary/aromatic N) is 3. The summed E-state index contributed by atoms with van der Waals surface area (Å²) in [6.45, 7) is 5.48. The van der Waals surface area contributed by atoms with Crippen molar-refractivity contribution in [3.63, 3.8) is 0 Å². The number of hydrogen-bond donors (Lipinski definition) is 1. The van der Waals surface area contributed by atoms with Crippen LogP contribution in [0.3, 0.4) is 0 Å². The summed E-state index contributed by atoms with van der Waals surface area (Å²) in [5.74, 6) is -0.101. The zero-order chi connectivity index (χ0) is 14.7. The van der Waals surface area contributed by atoms with Crippen LogP contribution in [0.5, 0.6) is 0 Å². The summed E-state index contributed by atoms with van der Waals surface area (Å²) >= 11 is -0.431. The Morgan fingerprint density at radius 1 is 1.20 bits per heavy atom. The molecule has 1 aromatic carbocycles. The Hall–Kier alpha value is -1.95. The first kappa shape index (κ1) is 14.5. The van der Waals surface area contributed by atoms with Crippen molar-refractivity contribution in [1.82, 2.24) is 9.97 Å². The van der Waals surface area contributed by atoms with E-state index in [4.69, 9.17) is 0 Å². The van der Waals surface area contributed by atoms with Gasteiger partial charge in [0.15, 0.2) is 11.6 Å². The summed E-state index contributed by atoms with van der Waals surface area (Å²) in [6.07, 6.45) is 1.15. The zero-order valence-corrected chi connectivity index (χ0v) is 12.3. The van der Waals surface area contributed by atoms with Crippen LogP contribution < -0.4 is 0 Å². The Morgan fingerprint density at radius 2 is 1.85 bits per heavy atom. The molecular formula is C14H14FN3OS. The number of benzene rings is 1. The van der Waals surface area contributed by atoms with Crippen LogP contribution in [0.1, 0.15) is 22.5 Å². The molecule has 0 spiro atoms. The molecule has 0 aliphatic rings. The van der Waals surface area contributed by atoms with Gasteiger partial charge in [0.2, 0.25) is 0 Å². The molecule has 1 aromatic heterocycles. The van der Waals surface area contributed by atoms with E-state index in [-0.39, 0.29) is 11.4 Å². The van der Waals surface area contributed by atoms with E-state index in [2.05, 4.69) is 14.4 Å². The van der Waals surface area contributed by atoms with Gasteiger partial charge in [0.1, 0.15) is 17.5 Å². The normalized spacial score (nSPS) is 11.2. The molecule has 0 atom stereocenters. The van der Waals surface area contributed by atoms with E-state index >= 15 is 0 Å². The Kier molecular flexibility index (Phi) is 4.34. The van der Waals surface area contributed by atoms with Gasteiger partial charge in [-0.25, -0.2) is 18.6 Å². The number of aromatic nitrogens is 2. The first-order valence-electron chi connectivity index (χ1n) is 6.01. The Morgan fingerprint density at radius 3 is 2.45 bits per heavy atom. The highest BCUT2D eigenvalue weighted by atomic mass is 32.2. The van der Waals surface area contributed by atoms with Crippen LogP contribution in [-0.4, -0.2) is 20.4 Å². The molecule has 0 amide bonds. The molecule has 4 nitrogen and oxygen atoms in total. The van der Waals surface area contributed by atoms with E-state index in [9.17, 15) is 8.60 Å². The van der Waals surface area contributed by atoms with Crippen molar-refractivity contribution in [2.75, 3.05) is 0 Å². The molecule has 0 N–H and O–H groups in total. The van der Waals surface area contributed by atoms with Crippen molar-refractivity contribution in [2.45, 2.75) is 20.8 Å². The fourth-order valence-corrected chi connectivity index (χ4v) is 2.18. The van der Waals surface area contributed by atoms with Gasteiger partial charge in [-0.1, -0.05) is 18.2 Å². The van der Waals surface area contributed by atoms with Crippen molar-refractivity contribution in [2.24, 2.45) is 4.40 Å². The van der Waals surface area contributed by atoms with Gasteiger partial charge in [-0.15, -0.1) is 0 Å². The summed E-state index contributed by atoms with van der Waals surface area (Å²) in [5.41, 5.74) is 3.19. The molecule has 0 saturated carbocycles. The van der Waals surface area contributed by atoms with Crippen LogP contribution in [0.2, 0.25) is 0 Å². The van der Waals surface area contributed by atoms with Gasteiger partial charge in [0.05, 0.1) is 11.9 Å². The number of hydrogen-bond acceptors (Lipinski definition) is 3. The molecular weight excluding hydrogens is 277 g/mol. The summed E-state index contributed by atoms with van der Waals surface area (Å²) in [5, 5.41) is 0. The van der Waals surface area contributed by atoms with Crippen LogP contribution >= 0.6 is 0 Å². The number of rotatable bonds is 3. The van der Waals surface area contributed by atoms with Gasteiger partial charge < -0.3 is 0 Å². The SMILES string of the molecule is Cc1cccc(C)c1-c1nc(C)c(F)c(/C=N/[SH]=O)n1. The van der Waals surface area contributed by atoms with Gasteiger partial charge in [-0.3, -0.25) is 0 Å². The Balaban J connectivity index is 2.67. The fourth-order valence-electron chi connectivity index (χ4n) is 2.02. The van der Waals surface area contributed by atoms with Gasteiger partial charge in [0, 0.05) is 5.56 Å². The van der Waals surface area contributed by atoms with E-state index < -0.39 is 17.7 Å². The molecule has 2 aromatic rings. The van der Waals surface area contributed by atoms with Crippen LogP contribution in [0.4, 0.5) is 4.39 Å². The van der Waals surface area contributed by atoms with E-state index in [0.717, 1.165) is 22.9 Å². The predicted octanol–water partition coefficient (Wildman–Crippen LogP) is 2.49. The fraction of sp³-hybridized carbons (Fsp3) is 0.214. The second-order valence-electron chi connectivity index (χ2n) is 4.42. The van der Waals surface area contributed by atoms with Gasteiger partial charge >= 0.3 is 0 Å². The zero-order valence-electron chi connectivity index (χ0n) is 11.4. The van der Waals surface area contributed by atoms with Crippen LogP contribution in [-0.2, 0) is 11.9 Å². The molecule has 1 heterocycles. The summed E-state index contributed by atoms with van der Waals surface area (Å²) in [4.78, 5) is 8.39. The van der Waals surface area contributed by atoms with E-state index in [1.165, 1.54) is 0 Å². The minimum atomic E-state index is -0.549. The van der Waals surface area contributed by atoms with Crippen molar-refractivity contribution in [1.29, 1.82) is 0 Å². The third-order valence-corrected chi connectivity index (χ3v) is 3.18. The summed E-state index contributed by atoms with van der Waals surface area (Å²) in [7, 11) is 0. The summed E-state index contributed by atoms with van der Waals surface area (Å²) in [6, 6.07) is 5.85. The molecule has 0 radical (unpaired) electrons. The standard InChI is InChI=1S/C14H14FN3OS/c1-8-5-4-6-9(2)12(8)14-17-10(3)13(15)11(18-14)7-16-20-19/h4-7,20H,1-3H3/b16-7+. The monoisotopic (exact) mass is 291 g/mol. The largest absolute Gasteiger partial charge is 0.238 e. The van der Waals surface area contributed by atoms with Crippen molar-refractivity contribution in [3.05, 3.63) is 46.5 Å². The van der Waals surface area contributed by atoms with Gasteiger partial charge in [-0.2, -0.15) is 4.40 Å². The third kappa shape index (κ3) is 2.80. The number of aryl methyl sites for hydroxylation is 3.